The zero-order valence-electron chi connectivity index (χ0n) is 88.7. The van der Waals surface area contributed by atoms with Crippen LogP contribution in [0.1, 0.15) is 288 Å². The van der Waals surface area contributed by atoms with E-state index in [4.69, 9.17) is 29.0 Å². The van der Waals surface area contributed by atoms with Gasteiger partial charge in [-0.15, -0.1) is 10.2 Å². The van der Waals surface area contributed by atoms with E-state index >= 15 is 0 Å². The van der Waals surface area contributed by atoms with E-state index in [1.165, 1.54) is 154 Å². The zero-order chi connectivity index (χ0) is 99.2. The van der Waals surface area contributed by atoms with Crippen molar-refractivity contribution in [2.45, 2.75) is 329 Å². The van der Waals surface area contributed by atoms with E-state index in [1.54, 1.807) is 42.6 Å². The number of hydrogen-bond acceptors (Lipinski definition) is 23. The first-order valence-electron chi connectivity index (χ1n) is 54.3. The number of carbonyl (C=O) groups is 5. The average Bonchev–Trinajstić information content (AvgIpc) is 1.52. The summed E-state index contributed by atoms with van der Waals surface area (Å²) in [6, 6.07) is 22.6. The van der Waals surface area contributed by atoms with Gasteiger partial charge in [0.15, 0.2) is 17.3 Å². The Labute approximate surface area is 939 Å². The van der Waals surface area contributed by atoms with Crippen molar-refractivity contribution in [1.29, 1.82) is 0 Å². The van der Waals surface area contributed by atoms with Crippen molar-refractivity contribution in [3.63, 3.8) is 0 Å². The number of aromatic amines is 1. The van der Waals surface area contributed by atoms with Crippen LogP contribution in [0.2, 0.25) is 0 Å². The first-order chi connectivity index (χ1) is 67.5. The van der Waals surface area contributed by atoms with Crippen LogP contribution >= 0.6 is 15.9 Å². The number of nitrogens with one attached hydrogen (secondary N) is 1. The summed E-state index contributed by atoms with van der Waals surface area (Å²) in [6.45, 7) is 18.5. The number of methoxy groups -OCH3 is 4. The molecule has 0 bridgehead atoms. The minimum atomic E-state index is -0.461. The molecule has 0 aliphatic heterocycles. The maximum absolute atomic E-state index is 13.7. The molecule has 8 aromatic rings. The third-order valence-corrected chi connectivity index (χ3v) is 42.7. The van der Waals surface area contributed by atoms with Crippen molar-refractivity contribution in [2.75, 3.05) is 33.8 Å². The number of ketones is 4. The second kappa shape index (κ2) is 44.6. The number of Topliss-reactive ketones (excluding diaryl/α,β-unsaturated/α-hetero) is 4. The number of carbonyl (C=O) groups excluding carboxylic acids is 5. The molecule has 16 aliphatic rings. The van der Waals surface area contributed by atoms with Gasteiger partial charge in [-0.2, -0.15) is 30.4 Å². The number of rotatable bonds is 16. The number of halogens is 1. The number of aromatic nitrogens is 12. The standard InChI is InChI=1S/3C28H39N3O3.C21H33BrO2.C7H7N3O.CH2O3.2K.H/c1-27(33)12-10-19-17(15-27)4-6-21-20(19)11-13-28(2)22(21)7-8-23(28)26(32)16-31-25-9-5-18(34-3)14-24(25)29-30-31;1-27(33)12-10-19-17(15-27)4-6-21-20(19)11-13-28(2)22(21)7-8-23(28)26(32)16-31-25-14-18(34-3)5-9-24(25)29-30-31;1-27(33)12-10-19-17(15-27)4-6-21-20(19)11-13-28(2)22(21)7-8-23(28)26(32)16-31-29-24-9-5-18(34-3)14-25(24)30-31;1-20(24)9-7-14-13(11-20)3-4-16-15(14)8-10-21(2)17(16)5-6-18(21)19(23)12-22;1-11-5-2-3-6-7(4-5)9-10-8-6;2-1-4-3;;;/h3*5,9,14,17,19-23,33H,4,6-8,10-13,15-16H2,1-3H3;13-18,24H,3-12H2,1-2H3;2-4H,1H3,(H,8,9,10);1,3H;;;/q;;;;;;2*+1;-1/p-1/t3*17-,19+,20-,21-,22+,23-,27-,28+;13-,14+,15-,16-,17+,18-,20-,21+;;;;;/m1111...../s1. The molecule has 0 spiro atoms. The molecule has 0 unspecified atom stereocenters. The average molecular weight is 2080 g/mol. The van der Waals surface area contributed by atoms with Crippen molar-refractivity contribution in [3.05, 3.63) is 72.8 Å². The Morgan fingerprint density at radius 1 is 0.371 bits per heavy atom. The molecule has 16 saturated carbocycles. The Kier molecular flexibility index (Phi) is 34.2. The zero-order valence-corrected chi connectivity index (χ0v) is 95.6. The van der Waals surface area contributed by atoms with Gasteiger partial charge in [0, 0.05) is 47.9 Å². The minimum absolute atomic E-state index is 0. The largest absolute Gasteiger partial charge is 1.00 e. The van der Waals surface area contributed by atoms with E-state index in [-0.39, 0.29) is 157 Å². The van der Waals surface area contributed by atoms with E-state index in [0.717, 1.165) is 227 Å². The van der Waals surface area contributed by atoms with Gasteiger partial charge in [-0.1, -0.05) is 54.1 Å². The fourth-order valence-corrected chi connectivity index (χ4v) is 36.2. The monoisotopic (exact) mass is 2080 g/mol. The van der Waals surface area contributed by atoms with Gasteiger partial charge >= 0.3 is 103 Å². The van der Waals surface area contributed by atoms with Gasteiger partial charge in [-0.05, 0) is 447 Å². The van der Waals surface area contributed by atoms with Gasteiger partial charge in [-0.25, -0.2) is 9.36 Å². The fraction of sp³-hybridized carbons (Fsp3) is 0.743. The maximum atomic E-state index is 13.7. The predicted octanol–water partition coefficient (Wildman–Crippen LogP) is 13.6. The second-order valence-corrected chi connectivity index (χ2v) is 50.1. The van der Waals surface area contributed by atoms with Gasteiger partial charge in [0.2, 0.25) is 0 Å². The molecule has 30 heteroatoms. The molecule has 16 fully saturated rings. The van der Waals surface area contributed by atoms with Gasteiger partial charge in [0.05, 0.1) is 67.2 Å². The Hall–Kier alpha value is -4.62. The number of H-pyrrole nitrogens is 1. The van der Waals surface area contributed by atoms with E-state index in [1.807, 2.05) is 100 Å². The molecule has 0 saturated heterocycles. The third kappa shape index (κ3) is 22.0. The number of alkyl halides is 1. The molecule has 143 heavy (non-hydrogen) atoms. The minimum Gasteiger partial charge on any atom is -1.00 e. The first-order valence-corrected chi connectivity index (χ1v) is 55.4. The number of aliphatic hydroxyl groups is 4. The number of hydrogen-bond donors (Lipinski definition) is 5. The van der Waals surface area contributed by atoms with Gasteiger partial charge < -0.3 is 50.9 Å². The molecule has 27 nitrogen and oxygen atoms in total. The smallest absolute Gasteiger partial charge is 1.00 e. The molecule has 4 aromatic carbocycles. The van der Waals surface area contributed by atoms with Gasteiger partial charge in [0.25, 0.3) is 6.47 Å². The summed E-state index contributed by atoms with van der Waals surface area (Å²) in [5, 5.41) is 88.0. The molecule has 4 aromatic heterocycles. The van der Waals surface area contributed by atoms with Gasteiger partial charge in [-0.3, -0.25) is 24.0 Å². The Bertz CT molecular complexity index is 5800. The van der Waals surface area contributed by atoms with Crippen LogP contribution in [0.5, 0.6) is 23.0 Å². The van der Waals surface area contributed by atoms with Crippen LogP contribution in [-0.4, -0.2) is 167 Å². The molecule has 16 aliphatic carbocycles. The molecular weight excluding hydrogens is 1920 g/mol. The molecule has 0 radical (unpaired) electrons. The van der Waals surface area contributed by atoms with Crippen LogP contribution in [0.3, 0.4) is 0 Å². The second-order valence-electron chi connectivity index (χ2n) is 49.6. The summed E-state index contributed by atoms with van der Waals surface area (Å²) < 4.78 is 24.5. The number of ether oxygens (including phenoxy) is 4. The summed E-state index contributed by atoms with van der Waals surface area (Å²) in [6.07, 6.45) is 41.8. The molecule has 5 N–H and O–H groups in total. The number of benzene rings is 4. The Morgan fingerprint density at radius 3 is 1.06 bits per heavy atom. The van der Waals surface area contributed by atoms with E-state index in [0.29, 0.717) is 83.0 Å². The van der Waals surface area contributed by atoms with Crippen molar-refractivity contribution >= 4 is 89.7 Å². The third-order valence-electron chi connectivity index (χ3n) is 42.2. The fourth-order valence-electron chi connectivity index (χ4n) is 35.8. The molecule has 0 amide bonds. The summed E-state index contributed by atoms with van der Waals surface area (Å²) in [5.74, 6) is 20.4. The SMILES string of the molecule is COc1ccc2c(c1)nnn2CC(=O)[C@H]1CC[C@H]2[C@@H]3CC[C@@H]4C[C@](C)(O)CC[C@@H]4[C@H]3CC[C@]12C.COc1ccc2n[nH]nc2c1.COc1ccc2nn(CC(=O)[C@H]3CC[C@H]4[C@@H]5CC[C@@H]6C[C@](C)(O)CC[C@@H]6[C@H]5CC[C@]34C)nc2c1.COc1ccc2nnn(CC(=O)[C@H]3CC[C@H]4[C@@H]5CC[C@@H]6C[C@](C)(O)CC[C@@H]6[C@H]5CC[C@]34C)c2c1.C[C@@]1(O)CC[C@H]2[C@H](CC[C@@H]3[C@@H]2CC[C@]2(C)[C@@H](C(=O)CBr)CC[C@@H]32)C1.O=CO[O-].[H-].[K+].[K+]. The summed E-state index contributed by atoms with van der Waals surface area (Å²) >= 11 is 3.42. The number of nitrogens with zero attached hydrogens (tertiary/aromatic N) is 11. The molecule has 32 atom stereocenters. The summed E-state index contributed by atoms with van der Waals surface area (Å²) in [5.41, 5.74) is 5.37. The molecule has 4 heterocycles. The normalized spacial score (nSPS) is 39.6. The van der Waals surface area contributed by atoms with Crippen LogP contribution in [0, 0.1) is 164 Å². The van der Waals surface area contributed by atoms with E-state index in [2.05, 4.69) is 94.7 Å². The predicted molar refractivity (Wildman–Crippen MR) is 540 cm³/mol. The maximum Gasteiger partial charge on any atom is 1.00 e. The Morgan fingerprint density at radius 2 is 0.678 bits per heavy atom. The van der Waals surface area contributed by atoms with Crippen LogP contribution in [0.4, 0.5) is 0 Å². The van der Waals surface area contributed by atoms with Crippen LogP contribution < -0.4 is 127 Å². The quantitative estimate of drug-likeness (QED) is 0.0197. The van der Waals surface area contributed by atoms with Crippen LogP contribution in [-0.2, 0) is 48.5 Å². The van der Waals surface area contributed by atoms with E-state index in [9.17, 15) is 39.6 Å². The Balaban J connectivity index is 0.000000131. The van der Waals surface area contributed by atoms with Crippen LogP contribution in [0.15, 0.2) is 72.8 Å². The summed E-state index contributed by atoms with van der Waals surface area (Å²) in [7, 11) is 6.57. The van der Waals surface area contributed by atoms with Gasteiger partial charge in [0.1, 0.15) is 81.5 Å². The number of fused-ring (bicyclic) bond motifs is 24. The topological polar surface area (TPSA) is 369 Å². The van der Waals surface area contributed by atoms with E-state index < -0.39 is 22.4 Å². The summed E-state index contributed by atoms with van der Waals surface area (Å²) in [4.78, 5) is 66.2. The molecular formula is C113H159BrK2N12O15. The van der Waals surface area contributed by atoms with Crippen molar-refractivity contribution in [3.8, 4) is 23.0 Å². The van der Waals surface area contributed by atoms with Crippen molar-refractivity contribution < 1.29 is 178 Å². The molecule has 770 valence electrons. The molecule has 24 rings (SSSR count). The van der Waals surface area contributed by atoms with Crippen LogP contribution in [0.25, 0.3) is 44.1 Å². The first kappa shape index (κ1) is 110. The van der Waals surface area contributed by atoms with Crippen molar-refractivity contribution in [1.82, 2.24) is 60.4 Å². The van der Waals surface area contributed by atoms with Crippen molar-refractivity contribution in [2.24, 2.45) is 164 Å².